The number of hydrogen-bond acceptors (Lipinski definition) is 5. The van der Waals surface area contributed by atoms with Gasteiger partial charge < -0.3 is 10.2 Å². The van der Waals surface area contributed by atoms with Crippen LogP contribution in [0.1, 0.15) is 15.9 Å². The zero-order chi connectivity index (χ0) is 22.8. The van der Waals surface area contributed by atoms with Crippen LogP contribution in [-0.4, -0.2) is 48.6 Å². The van der Waals surface area contributed by atoms with E-state index in [4.69, 9.17) is 0 Å². The van der Waals surface area contributed by atoms with Gasteiger partial charge in [-0.15, -0.1) is 16.9 Å². The highest BCUT2D eigenvalue weighted by Crippen LogP contribution is 2.24. The Kier molecular flexibility index (Phi) is 5.70. The number of anilines is 1. The fourth-order valence-corrected chi connectivity index (χ4v) is 4.98. The fraction of sp³-hybridized carbons (Fsp3) is 0.167. The van der Waals surface area contributed by atoms with Crippen LogP contribution in [0.25, 0.3) is 5.65 Å². The predicted octanol–water partition coefficient (Wildman–Crippen LogP) is 2.70. The number of rotatable bonds is 5. The lowest BCUT2D eigenvalue weighted by molar-refractivity contribution is -0.119. The second-order valence-corrected chi connectivity index (χ2v) is 8.72. The van der Waals surface area contributed by atoms with Crippen LogP contribution < -0.4 is 11.0 Å². The van der Waals surface area contributed by atoms with Crippen LogP contribution in [0.4, 0.5) is 5.69 Å². The molecule has 1 aliphatic rings. The topological polar surface area (TPSA) is 88.7 Å². The molecule has 1 N–H and O–H groups in total. The molecule has 1 aliphatic heterocycles. The summed E-state index contributed by atoms with van der Waals surface area (Å²) in [6, 6.07) is 21.1. The first kappa shape index (κ1) is 21.0. The van der Waals surface area contributed by atoms with Gasteiger partial charge in [0.2, 0.25) is 5.91 Å². The first-order valence-electron chi connectivity index (χ1n) is 10.5. The summed E-state index contributed by atoms with van der Waals surface area (Å²) in [7, 11) is 0. The van der Waals surface area contributed by atoms with Gasteiger partial charge in [0, 0.05) is 23.2 Å². The van der Waals surface area contributed by atoms with E-state index >= 15 is 0 Å². The largest absolute Gasteiger partial charge is 0.350 e. The van der Waals surface area contributed by atoms with Gasteiger partial charge in [0.25, 0.3) is 5.91 Å². The minimum absolute atomic E-state index is 0.152. The minimum Gasteiger partial charge on any atom is -0.324 e. The van der Waals surface area contributed by atoms with Gasteiger partial charge in [0.1, 0.15) is 6.04 Å². The number of aromatic nitrogens is 3. The van der Waals surface area contributed by atoms with Gasteiger partial charge >= 0.3 is 5.69 Å². The van der Waals surface area contributed by atoms with Crippen molar-refractivity contribution >= 4 is 34.9 Å². The number of fused-ring (bicyclic) bond motifs is 1. The van der Waals surface area contributed by atoms with Crippen molar-refractivity contribution in [3.05, 3.63) is 101 Å². The second kappa shape index (κ2) is 8.95. The van der Waals surface area contributed by atoms with Crippen LogP contribution in [0.3, 0.4) is 0 Å². The van der Waals surface area contributed by atoms with Gasteiger partial charge in [-0.3, -0.25) is 14.0 Å². The molecule has 0 spiro atoms. The van der Waals surface area contributed by atoms with Gasteiger partial charge in [-0.2, -0.15) is 0 Å². The van der Waals surface area contributed by atoms with Crippen LogP contribution in [0.2, 0.25) is 0 Å². The minimum atomic E-state index is -0.549. The molecule has 2 aromatic heterocycles. The quantitative estimate of drug-likeness (QED) is 0.496. The molecule has 1 atom stereocenters. The highest BCUT2D eigenvalue weighted by molar-refractivity contribution is 7.99. The first-order valence-corrected chi connectivity index (χ1v) is 11.6. The van der Waals surface area contributed by atoms with Crippen LogP contribution in [0.5, 0.6) is 0 Å². The molecule has 1 fully saturated rings. The van der Waals surface area contributed by atoms with Crippen molar-refractivity contribution in [1.29, 1.82) is 0 Å². The Hall–Kier alpha value is -3.85. The summed E-state index contributed by atoms with van der Waals surface area (Å²) in [6.45, 7) is 0.280. The number of thioether (sulfide) groups is 1. The van der Waals surface area contributed by atoms with Crippen LogP contribution in [0.15, 0.2) is 83.8 Å². The third-order valence-electron chi connectivity index (χ3n) is 5.48. The molecular formula is C24H21N5O3S. The lowest BCUT2D eigenvalue weighted by atomic mass is 10.1. The monoisotopic (exact) mass is 459 g/mol. The van der Waals surface area contributed by atoms with Gasteiger partial charge in [-0.1, -0.05) is 36.4 Å². The van der Waals surface area contributed by atoms with Gasteiger partial charge in [-0.25, -0.2) is 9.48 Å². The maximum atomic E-state index is 13.0. The molecule has 2 aromatic carbocycles. The van der Waals surface area contributed by atoms with E-state index in [1.165, 1.54) is 9.08 Å². The number of hydrogen-bond donors (Lipinski definition) is 1. The van der Waals surface area contributed by atoms with Crippen molar-refractivity contribution in [2.45, 2.75) is 12.6 Å². The molecule has 9 heteroatoms. The molecule has 8 nitrogen and oxygen atoms in total. The molecule has 33 heavy (non-hydrogen) atoms. The Bertz CT molecular complexity index is 1380. The standard InChI is InChI=1S/C24H21N5O3S/c30-22(20-15-33-16-28(20)23(31)18-8-2-1-3-9-18)25-19-10-6-7-17(13-19)14-29-24(32)27-12-5-4-11-21(27)26-29/h1-13,20H,14-16H2,(H,25,30). The average molecular weight is 460 g/mol. The Morgan fingerprint density at radius 3 is 2.67 bits per heavy atom. The van der Waals surface area contributed by atoms with Gasteiger partial charge in [0.05, 0.1) is 12.4 Å². The number of nitrogens with zero attached hydrogens (tertiary/aromatic N) is 4. The number of carbonyl (C=O) groups is 2. The van der Waals surface area contributed by atoms with E-state index in [-0.39, 0.29) is 24.0 Å². The summed E-state index contributed by atoms with van der Waals surface area (Å²) in [5.41, 5.74) is 2.36. The lowest BCUT2D eigenvalue weighted by Crippen LogP contribution is -2.44. The normalized spacial score (nSPS) is 15.6. The van der Waals surface area contributed by atoms with Crippen molar-refractivity contribution < 1.29 is 9.59 Å². The van der Waals surface area contributed by atoms with Crippen molar-refractivity contribution in [3.63, 3.8) is 0 Å². The summed E-state index contributed by atoms with van der Waals surface area (Å²) in [5.74, 6) is 0.635. The summed E-state index contributed by atoms with van der Waals surface area (Å²) >= 11 is 1.56. The van der Waals surface area contributed by atoms with E-state index in [9.17, 15) is 14.4 Å². The first-order chi connectivity index (χ1) is 16.1. The second-order valence-electron chi connectivity index (χ2n) is 7.72. The molecule has 4 aromatic rings. The molecular weight excluding hydrogens is 438 g/mol. The van der Waals surface area contributed by atoms with E-state index < -0.39 is 6.04 Å². The zero-order valence-electron chi connectivity index (χ0n) is 17.6. The summed E-state index contributed by atoms with van der Waals surface area (Å²) in [4.78, 5) is 40.0. The maximum absolute atomic E-state index is 13.0. The van der Waals surface area contributed by atoms with E-state index in [1.54, 1.807) is 53.2 Å². The van der Waals surface area contributed by atoms with E-state index in [0.29, 0.717) is 28.5 Å². The summed E-state index contributed by atoms with van der Waals surface area (Å²) in [6.07, 6.45) is 1.68. The van der Waals surface area contributed by atoms with Gasteiger partial charge in [-0.05, 0) is 42.0 Å². The molecule has 0 saturated carbocycles. The number of benzene rings is 2. The number of pyridine rings is 1. The summed E-state index contributed by atoms with van der Waals surface area (Å²) in [5, 5.41) is 7.28. The van der Waals surface area contributed by atoms with Crippen molar-refractivity contribution in [1.82, 2.24) is 19.1 Å². The third-order valence-corrected chi connectivity index (χ3v) is 6.49. The van der Waals surface area contributed by atoms with E-state index in [2.05, 4.69) is 10.4 Å². The highest BCUT2D eigenvalue weighted by atomic mass is 32.2. The van der Waals surface area contributed by atoms with Crippen LogP contribution >= 0.6 is 11.8 Å². The molecule has 2 amide bonds. The molecule has 0 aliphatic carbocycles. The SMILES string of the molecule is O=C(Nc1cccc(Cn2nc3ccccn3c2=O)c1)C1CSCN1C(=O)c1ccccc1. The van der Waals surface area contributed by atoms with Gasteiger partial charge in [0.15, 0.2) is 5.65 Å². The molecule has 166 valence electrons. The molecule has 3 heterocycles. The Morgan fingerprint density at radius 2 is 1.85 bits per heavy atom. The average Bonchev–Trinajstić information content (AvgIpc) is 3.45. The zero-order valence-corrected chi connectivity index (χ0v) is 18.4. The lowest BCUT2D eigenvalue weighted by Gasteiger charge is -2.23. The Morgan fingerprint density at radius 1 is 1.03 bits per heavy atom. The predicted molar refractivity (Wildman–Crippen MR) is 127 cm³/mol. The number of amides is 2. The Labute approximate surface area is 193 Å². The third kappa shape index (κ3) is 4.27. The Balaban J connectivity index is 1.31. The molecule has 0 bridgehead atoms. The van der Waals surface area contributed by atoms with E-state index in [1.807, 2.05) is 42.5 Å². The fourth-order valence-electron chi connectivity index (χ4n) is 3.82. The maximum Gasteiger partial charge on any atom is 0.350 e. The van der Waals surface area contributed by atoms with Crippen LogP contribution in [-0.2, 0) is 11.3 Å². The number of carbonyl (C=O) groups excluding carboxylic acids is 2. The summed E-state index contributed by atoms with van der Waals surface area (Å²) < 4.78 is 2.88. The van der Waals surface area contributed by atoms with Crippen molar-refractivity contribution in [2.24, 2.45) is 0 Å². The smallest absolute Gasteiger partial charge is 0.324 e. The number of nitrogens with one attached hydrogen (secondary N) is 1. The molecule has 0 radical (unpaired) electrons. The van der Waals surface area contributed by atoms with E-state index in [0.717, 1.165) is 5.56 Å². The molecule has 5 rings (SSSR count). The van der Waals surface area contributed by atoms with Crippen molar-refractivity contribution in [3.8, 4) is 0 Å². The molecule has 1 unspecified atom stereocenters. The van der Waals surface area contributed by atoms with Crippen molar-refractivity contribution in [2.75, 3.05) is 16.9 Å². The highest BCUT2D eigenvalue weighted by Gasteiger charge is 2.35. The van der Waals surface area contributed by atoms with Crippen LogP contribution in [0, 0.1) is 0 Å². The molecule has 1 saturated heterocycles.